The second kappa shape index (κ2) is 3.72. The highest BCUT2D eigenvalue weighted by molar-refractivity contribution is 5.70. The average molecular weight is 175 g/mol. The molecule has 0 atom stereocenters. The summed E-state index contributed by atoms with van der Waals surface area (Å²) in [7, 11) is 0. The van der Waals surface area contributed by atoms with Crippen molar-refractivity contribution in [2.24, 2.45) is 0 Å². The number of carbonyl (C=O) groups is 1. The van der Waals surface area contributed by atoms with E-state index in [9.17, 15) is 4.79 Å². The van der Waals surface area contributed by atoms with Gasteiger partial charge in [-0.2, -0.15) is 5.26 Å². The van der Waals surface area contributed by atoms with E-state index in [0.717, 1.165) is 5.56 Å². The molecule has 0 heterocycles. The van der Waals surface area contributed by atoms with Crippen molar-refractivity contribution in [2.75, 3.05) is 0 Å². The van der Waals surface area contributed by atoms with Crippen molar-refractivity contribution in [3.63, 3.8) is 0 Å². The molecule has 0 saturated carbocycles. The molecule has 0 amide bonds. The third-order valence-corrected chi connectivity index (χ3v) is 1.51. The lowest BCUT2D eigenvalue weighted by Gasteiger charge is -2.03. The van der Waals surface area contributed by atoms with Gasteiger partial charge in [0.25, 0.3) is 0 Å². The van der Waals surface area contributed by atoms with Crippen LogP contribution < -0.4 is 4.74 Å². The molecule has 3 heteroatoms. The van der Waals surface area contributed by atoms with E-state index in [2.05, 4.69) is 0 Å². The van der Waals surface area contributed by atoms with Gasteiger partial charge in [0, 0.05) is 6.92 Å². The molecule has 0 saturated heterocycles. The van der Waals surface area contributed by atoms with E-state index in [-0.39, 0.29) is 0 Å². The first-order chi connectivity index (χ1) is 6.13. The van der Waals surface area contributed by atoms with Gasteiger partial charge >= 0.3 is 5.97 Å². The molecule has 0 aliphatic carbocycles. The summed E-state index contributed by atoms with van der Waals surface area (Å²) in [4.78, 5) is 10.7. The van der Waals surface area contributed by atoms with Crippen LogP contribution in [0, 0.1) is 18.3 Å². The summed E-state index contributed by atoms with van der Waals surface area (Å²) < 4.78 is 4.86. The SMILES string of the molecule is CC(=O)Oc1cc(C)ccc1C#N. The van der Waals surface area contributed by atoms with E-state index in [4.69, 9.17) is 10.00 Å². The van der Waals surface area contributed by atoms with Gasteiger partial charge in [0.05, 0.1) is 5.56 Å². The second-order valence-corrected chi connectivity index (χ2v) is 2.71. The third-order valence-electron chi connectivity index (χ3n) is 1.51. The van der Waals surface area contributed by atoms with Crippen molar-refractivity contribution in [1.82, 2.24) is 0 Å². The van der Waals surface area contributed by atoms with Crippen LogP contribution in [0.1, 0.15) is 18.1 Å². The van der Waals surface area contributed by atoms with Crippen molar-refractivity contribution in [1.29, 1.82) is 5.26 Å². The van der Waals surface area contributed by atoms with Crippen molar-refractivity contribution in [3.8, 4) is 11.8 Å². The van der Waals surface area contributed by atoms with E-state index in [0.29, 0.717) is 11.3 Å². The molecule has 0 radical (unpaired) electrons. The maximum Gasteiger partial charge on any atom is 0.308 e. The molecule has 0 fully saturated rings. The Morgan fingerprint density at radius 1 is 1.54 bits per heavy atom. The van der Waals surface area contributed by atoms with E-state index in [1.54, 1.807) is 18.2 Å². The summed E-state index contributed by atoms with van der Waals surface area (Å²) in [6.07, 6.45) is 0. The van der Waals surface area contributed by atoms with Crippen molar-refractivity contribution >= 4 is 5.97 Å². The Morgan fingerprint density at radius 2 is 2.23 bits per heavy atom. The maximum absolute atomic E-state index is 10.7. The van der Waals surface area contributed by atoms with Crippen molar-refractivity contribution in [2.45, 2.75) is 13.8 Å². The fraction of sp³-hybridized carbons (Fsp3) is 0.200. The van der Waals surface area contributed by atoms with Gasteiger partial charge in [0.2, 0.25) is 0 Å². The lowest BCUT2D eigenvalue weighted by Crippen LogP contribution is -2.03. The van der Waals surface area contributed by atoms with Crippen LogP contribution in [0.2, 0.25) is 0 Å². The summed E-state index contributed by atoms with van der Waals surface area (Å²) >= 11 is 0. The Bertz CT molecular complexity index is 377. The topological polar surface area (TPSA) is 50.1 Å². The van der Waals surface area contributed by atoms with Gasteiger partial charge in [-0.1, -0.05) is 6.07 Å². The number of hydrogen-bond donors (Lipinski definition) is 0. The number of aryl methyl sites for hydroxylation is 1. The monoisotopic (exact) mass is 175 g/mol. The molecule has 0 bridgehead atoms. The van der Waals surface area contributed by atoms with Crippen LogP contribution in [-0.4, -0.2) is 5.97 Å². The number of carbonyl (C=O) groups excluding carboxylic acids is 1. The largest absolute Gasteiger partial charge is 0.425 e. The van der Waals surface area contributed by atoms with Crippen LogP contribution in [-0.2, 0) is 4.79 Å². The Labute approximate surface area is 76.6 Å². The summed E-state index contributed by atoms with van der Waals surface area (Å²) in [6.45, 7) is 3.18. The zero-order valence-corrected chi connectivity index (χ0v) is 7.50. The van der Waals surface area contributed by atoms with Crippen LogP contribution in [0.3, 0.4) is 0 Å². The first kappa shape index (κ1) is 9.27. The normalized spacial score (nSPS) is 9.00. The zero-order valence-electron chi connectivity index (χ0n) is 7.50. The molecule has 0 aliphatic rings. The molecule has 1 rings (SSSR count). The third kappa shape index (κ3) is 2.31. The van der Waals surface area contributed by atoms with Gasteiger partial charge < -0.3 is 4.74 Å². The van der Waals surface area contributed by atoms with Gasteiger partial charge in [-0.25, -0.2) is 0 Å². The Kier molecular flexibility index (Phi) is 2.65. The predicted molar refractivity (Wildman–Crippen MR) is 47.2 cm³/mol. The first-order valence-corrected chi connectivity index (χ1v) is 3.82. The summed E-state index contributed by atoms with van der Waals surface area (Å²) in [5, 5.41) is 8.68. The molecule has 0 unspecified atom stereocenters. The highest BCUT2D eigenvalue weighted by atomic mass is 16.5. The van der Waals surface area contributed by atoms with E-state index >= 15 is 0 Å². The van der Waals surface area contributed by atoms with Crippen molar-refractivity contribution < 1.29 is 9.53 Å². The molecule has 0 N–H and O–H groups in total. The Morgan fingerprint density at radius 3 is 2.77 bits per heavy atom. The number of nitrogens with zero attached hydrogens (tertiary/aromatic N) is 1. The molecule has 1 aromatic carbocycles. The minimum Gasteiger partial charge on any atom is -0.425 e. The number of ether oxygens (including phenoxy) is 1. The molecule has 0 aromatic heterocycles. The minimum atomic E-state index is -0.415. The summed E-state index contributed by atoms with van der Waals surface area (Å²) in [5.41, 5.74) is 1.33. The standard InChI is InChI=1S/C10H9NO2/c1-7-3-4-9(6-11)10(5-7)13-8(2)12/h3-5H,1-2H3. The van der Waals surface area contributed by atoms with Crippen LogP contribution in [0.5, 0.6) is 5.75 Å². The van der Waals surface area contributed by atoms with Crippen LogP contribution in [0.4, 0.5) is 0 Å². The molecule has 13 heavy (non-hydrogen) atoms. The van der Waals surface area contributed by atoms with Crippen molar-refractivity contribution in [3.05, 3.63) is 29.3 Å². The second-order valence-electron chi connectivity index (χ2n) is 2.71. The van der Waals surface area contributed by atoms with Gasteiger partial charge in [0.1, 0.15) is 11.8 Å². The Balaban J connectivity index is 3.10. The molecule has 3 nitrogen and oxygen atoms in total. The van der Waals surface area contributed by atoms with Crippen LogP contribution in [0.15, 0.2) is 18.2 Å². The quantitative estimate of drug-likeness (QED) is 0.483. The molecular formula is C10H9NO2. The molecule has 1 aromatic rings. The maximum atomic E-state index is 10.7. The predicted octanol–water partition coefficient (Wildman–Crippen LogP) is 1.79. The van der Waals surface area contributed by atoms with Crippen LogP contribution in [0.25, 0.3) is 0 Å². The Hall–Kier alpha value is -1.82. The lowest BCUT2D eigenvalue weighted by molar-refractivity contribution is -0.131. The highest BCUT2D eigenvalue weighted by Crippen LogP contribution is 2.19. The van der Waals surface area contributed by atoms with Crippen LogP contribution >= 0.6 is 0 Å². The van der Waals surface area contributed by atoms with Gasteiger partial charge in [-0.3, -0.25) is 4.79 Å². The van der Waals surface area contributed by atoms with Gasteiger partial charge in [0.15, 0.2) is 0 Å². The average Bonchev–Trinajstić information content (AvgIpc) is 2.03. The molecule has 66 valence electrons. The zero-order chi connectivity index (χ0) is 9.84. The minimum absolute atomic E-state index is 0.329. The highest BCUT2D eigenvalue weighted by Gasteiger charge is 2.05. The summed E-state index contributed by atoms with van der Waals surface area (Å²) in [5.74, 6) is -0.0860. The number of esters is 1. The number of nitriles is 1. The fourth-order valence-corrected chi connectivity index (χ4v) is 0.961. The van der Waals surface area contributed by atoms with Gasteiger partial charge in [-0.05, 0) is 24.6 Å². The molecule has 0 aliphatic heterocycles. The lowest BCUT2D eigenvalue weighted by atomic mass is 10.1. The van der Waals surface area contributed by atoms with Gasteiger partial charge in [-0.15, -0.1) is 0 Å². The van der Waals surface area contributed by atoms with E-state index < -0.39 is 5.97 Å². The summed E-state index contributed by atoms with van der Waals surface area (Å²) in [6, 6.07) is 7.05. The van der Waals surface area contributed by atoms with E-state index in [1.165, 1.54) is 6.92 Å². The number of hydrogen-bond acceptors (Lipinski definition) is 3. The molecular weight excluding hydrogens is 166 g/mol. The molecule has 0 spiro atoms. The number of benzene rings is 1. The fourth-order valence-electron chi connectivity index (χ4n) is 0.961. The van der Waals surface area contributed by atoms with E-state index in [1.807, 2.05) is 13.0 Å². The smallest absolute Gasteiger partial charge is 0.308 e. The number of rotatable bonds is 1. The first-order valence-electron chi connectivity index (χ1n) is 3.82.